The van der Waals surface area contributed by atoms with Crippen molar-refractivity contribution < 1.29 is 27.5 Å². The standard InChI is InChI=1S/C23H27F3N4O3/c1-33-19-7-4-16(5-8-19)22(32)27-12-2-3-21(31)29-18-10-13-30(14-11-18)20-9-6-17(15-28-20)23(24,25)26/h4-9,15,18H,2-3,10-14H2,1H3,(H,27,32)(H,29,31). The number of aromatic nitrogens is 1. The van der Waals surface area contributed by atoms with E-state index in [1.165, 1.54) is 6.07 Å². The Hall–Kier alpha value is -3.30. The molecule has 2 aromatic rings. The first-order valence-electron chi connectivity index (χ1n) is 10.8. The van der Waals surface area contributed by atoms with Crippen LogP contribution in [0.1, 0.15) is 41.6 Å². The summed E-state index contributed by atoms with van der Waals surface area (Å²) in [6.07, 6.45) is -1.38. The molecule has 2 heterocycles. The maximum atomic E-state index is 12.7. The number of hydrogen-bond acceptors (Lipinski definition) is 5. The number of amides is 2. The predicted octanol–water partition coefficient (Wildman–Crippen LogP) is 3.40. The molecular formula is C23H27F3N4O3. The van der Waals surface area contributed by atoms with Gasteiger partial charge in [0, 0.05) is 43.9 Å². The van der Waals surface area contributed by atoms with Crippen LogP contribution >= 0.6 is 0 Å². The summed E-state index contributed by atoms with van der Waals surface area (Å²) in [5.41, 5.74) is -0.247. The van der Waals surface area contributed by atoms with Crippen molar-refractivity contribution in [1.29, 1.82) is 0 Å². The van der Waals surface area contributed by atoms with Gasteiger partial charge in [-0.2, -0.15) is 13.2 Å². The second-order valence-corrected chi connectivity index (χ2v) is 7.82. The Morgan fingerprint density at radius 1 is 1.12 bits per heavy atom. The van der Waals surface area contributed by atoms with Crippen LogP contribution in [0.2, 0.25) is 0 Å². The van der Waals surface area contributed by atoms with Gasteiger partial charge in [0.15, 0.2) is 0 Å². The van der Waals surface area contributed by atoms with Crippen molar-refractivity contribution in [2.24, 2.45) is 0 Å². The number of carbonyl (C=O) groups excluding carboxylic acids is 2. The van der Waals surface area contributed by atoms with Crippen LogP contribution in [-0.2, 0) is 11.0 Å². The molecule has 1 aromatic heterocycles. The molecule has 7 nitrogen and oxygen atoms in total. The van der Waals surface area contributed by atoms with Crippen molar-refractivity contribution in [3.63, 3.8) is 0 Å². The number of rotatable bonds is 8. The van der Waals surface area contributed by atoms with E-state index in [1.807, 2.05) is 4.90 Å². The number of halogens is 3. The Kier molecular flexibility index (Phi) is 8.13. The Morgan fingerprint density at radius 2 is 1.82 bits per heavy atom. The second kappa shape index (κ2) is 11.0. The lowest BCUT2D eigenvalue weighted by molar-refractivity contribution is -0.137. The highest BCUT2D eigenvalue weighted by Gasteiger charge is 2.31. The number of benzene rings is 1. The highest BCUT2D eigenvalue weighted by Crippen LogP contribution is 2.29. The van der Waals surface area contributed by atoms with Crippen molar-refractivity contribution in [3.05, 3.63) is 53.7 Å². The van der Waals surface area contributed by atoms with Crippen LogP contribution in [0.15, 0.2) is 42.6 Å². The molecule has 0 aliphatic carbocycles. The molecule has 1 aliphatic heterocycles. The number of hydrogen-bond donors (Lipinski definition) is 2. The van der Waals surface area contributed by atoms with Crippen molar-refractivity contribution >= 4 is 17.6 Å². The molecule has 1 saturated heterocycles. The number of anilines is 1. The van der Waals surface area contributed by atoms with Gasteiger partial charge in [0.1, 0.15) is 11.6 Å². The number of alkyl halides is 3. The highest BCUT2D eigenvalue weighted by molar-refractivity contribution is 5.94. The summed E-state index contributed by atoms with van der Waals surface area (Å²) in [6, 6.07) is 9.19. The number of piperidine rings is 1. The van der Waals surface area contributed by atoms with Gasteiger partial charge < -0.3 is 20.3 Å². The largest absolute Gasteiger partial charge is 0.497 e. The zero-order valence-corrected chi connectivity index (χ0v) is 18.3. The molecular weight excluding hydrogens is 437 g/mol. The maximum Gasteiger partial charge on any atom is 0.417 e. The number of carbonyl (C=O) groups is 2. The van der Waals surface area contributed by atoms with Gasteiger partial charge >= 0.3 is 6.18 Å². The number of nitrogens with zero attached hydrogens (tertiary/aromatic N) is 2. The summed E-state index contributed by atoms with van der Waals surface area (Å²) in [4.78, 5) is 30.2. The molecule has 0 spiro atoms. The van der Waals surface area contributed by atoms with E-state index >= 15 is 0 Å². The zero-order valence-electron chi connectivity index (χ0n) is 18.3. The van der Waals surface area contributed by atoms with Gasteiger partial charge in [-0.25, -0.2) is 4.98 Å². The Morgan fingerprint density at radius 3 is 2.39 bits per heavy atom. The first kappa shape index (κ1) is 24.3. The SMILES string of the molecule is COc1ccc(C(=O)NCCCC(=O)NC2CCN(c3ccc(C(F)(F)F)cn3)CC2)cc1. The third-order valence-corrected chi connectivity index (χ3v) is 5.48. The lowest BCUT2D eigenvalue weighted by atomic mass is 10.0. The molecule has 0 unspecified atom stereocenters. The minimum Gasteiger partial charge on any atom is -0.497 e. The Bertz CT molecular complexity index is 925. The molecule has 0 atom stereocenters. The van der Waals surface area contributed by atoms with E-state index in [0.717, 1.165) is 12.3 Å². The van der Waals surface area contributed by atoms with Crippen molar-refractivity contribution in [2.45, 2.75) is 37.9 Å². The molecule has 178 valence electrons. The summed E-state index contributed by atoms with van der Waals surface area (Å²) in [5, 5.41) is 5.78. The average Bonchev–Trinajstić information content (AvgIpc) is 2.82. The maximum absolute atomic E-state index is 12.7. The van der Waals surface area contributed by atoms with Gasteiger partial charge in [-0.1, -0.05) is 0 Å². The fourth-order valence-corrected chi connectivity index (χ4v) is 3.59. The van der Waals surface area contributed by atoms with E-state index in [-0.39, 0.29) is 17.9 Å². The van der Waals surface area contributed by atoms with Crippen LogP contribution in [-0.4, -0.2) is 49.6 Å². The number of nitrogens with one attached hydrogen (secondary N) is 2. The minimum atomic E-state index is -4.40. The van der Waals surface area contributed by atoms with Crippen LogP contribution in [0.25, 0.3) is 0 Å². The van der Waals surface area contributed by atoms with E-state index in [0.29, 0.717) is 62.4 Å². The van der Waals surface area contributed by atoms with Crippen LogP contribution < -0.4 is 20.3 Å². The summed E-state index contributed by atoms with van der Waals surface area (Å²) in [6.45, 7) is 1.58. The average molecular weight is 464 g/mol. The van der Waals surface area contributed by atoms with Crippen LogP contribution in [0.3, 0.4) is 0 Å². The lowest BCUT2D eigenvalue weighted by Gasteiger charge is -2.33. The summed E-state index contributed by atoms with van der Waals surface area (Å²) in [7, 11) is 1.56. The fraction of sp³-hybridized carbons (Fsp3) is 0.435. The van der Waals surface area contributed by atoms with Gasteiger partial charge in [-0.3, -0.25) is 9.59 Å². The van der Waals surface area contributed by atoms with E-state index in [9.17, 15) is 22.8 Å². The van der Waals surface area contributed by atoms with Crippen LogP contribution in [0, 0.1) is 0 Å². The van der Waals surface area contributed by atoms with Crippen molar-refractivity contribution in [1.82, 2.24) is 15.6 Å². The molecule has 3 rings (SSSR count). The summed E-state index contributed by atoms with van der Waals surface area (Å²) in [5.74, 6) is 0.882. The lowest BCUT2D eigenvalue weighted by Crippen LogP contribution is -2.45. The number of pyridine rings is 1. The minimum absolute atomic E-state index is 0.0112. The Labute approximate surface area is 190 Å². The third kappa shape index (κ3) is 7.10. The smallest absolute Gasteiger partial charge is 0.417 e. The number of ether oxygens (including phenoxy) is 1. The molecule has 0 saturated carbocycles. The predicted molar refractivity (Wildman–Crippen MR) is 117 cm³/mol. The quantitative estimate of drug-likeness (QED) is 0.585. The van der Waals surface area contributed by atoms with Gasteiger partial charge in [0.05, 0.1) is 12.7 Å². The summed E-state index contributed by atoms with van der Waals surface area (Å²) < 4.78 is 43.1. The molecule has 0 bridgehead atoms. The first-order chi connectivity index (χ1) is 15.8. The van der Waals surface area contributed by atoms with E-state index in [2.05, 4.69) is 15.6 Å². The third-order valence-electron chi connectivity index (χ3n) is 5.48. The van der Waals surface area contributed by atoms with E-state index in [4.69, 9.17) is 4.74 Å². The normalized spacial score (nSPS) is 14.6. The van der Waals surface area contributed by atoms with E-state index < -0.39 is 11.7 Å². The van der Waals surface area contributed by atoms with Gasteiger partial charge in [-0.15, -0.1) is 0 Å². The molecule has 1 fully saturated rings. The van der Waals surface area contributed by atoms with Crippen LogP contribution in [0.4, 0.5) is 19.0 Å². The van der Waals surface area contributed by atoms with Gasteiger partial charge in [-0.05, 0) is 55.7 Å². The molecule has 10 heteroatoms. The second-order valence-electron chi connectivity index (χ2n) is 7.82. The Balaban J connectivity index is 1.33. The topological polar surface area (TPSA) is 83.6 Å². The summed E-state index contributed by atoms with van der Waals surface area (Å²) >= 11 is 0. The fourth-order valence-electron chi connectivity index (χ4n) is 3.59. The molecule has 2 amide bonds. The van der Waals surface area contributed by atoms with Crippen molar-refractivity contribution in [3.8, 4) is 5.75 Å². The zero-order chi connectivity index (χ0) is 23.8. The van der Waals surface area contributed by atoms with E-state index in [1.54, 1.807) is 31.4 Å². The molecule has 1 aromatic carbocycles. The molecule has 0 radical (unpaired) electrons. The monoisotopic (exact) mass is 464 g/mol. The van der Waals surface area contributed by atoms with Gasteiger partial charge in [0.2, 0.25) is 5.91 Å². The molecule has 2 N–H and O–H groups in total. The molecule has 33 heavy (non-hydrogen) atoms. The van der Waals surface area contributed by atoms with Gasteiger partial charge in [0.25, 0.3) is 5.91 Å². The first-order valence-corrected chi connectivity index (χ1v) is 10.8. The number of methoxy groups -OCH3 is 1. The highest BCUT2D eigenvalue weighted by atomic mass is 19.4. The van der Waals surface area contributed by atoms with Crippen LogP contribution in [0.5, 0.6) is 5.75 Å². The molecule has 1 aliphatic rings. The van der Waals surface area contributed by atoms with Crippen molar-refractivity contribution in [2.75, 3.05) is 31.6 Å².